The van der Waals surface area contributed by atoms with E-state index in [0.717, 1.165) is 4.68 Å². The zero-order valence-corrected chi connectivity index (χ0v) is 11.0. The molecule has 2 rings (SSSR count). The molecule has 0 unspecified atom stereocenters. The molecule has 0 bridgehead atoms. The molecule has 0 aliphatic heterocycles. The van der Waals surface area contributed by atoms with Crippen LogP contribution in [0.5, 0.6) is 0 Å². The molecule has 110 valence electrons. The van der Waals surface area contributed by atoms with Crippen LogP contribution in [0.4, 0.5) is 19.0 Å². The van der Waals surface area contributed by atoms with Gasteiger partial charge < -0.3 is 9.84 Å². The van der Waals surface area contributed by atoms with Gasteiger partial charge in [-0.25, -0.2) is 0 Å². The van der Waals surface area contributed by atoms with E-state index in [9.17, 15) is 13.2 Å². The Hall–Kier alpha value is -2.06. The molecule has 0 saturated heterocycles. The SMILES string of the molecule is CCc1noc([C@H](C)Nc2ccn(CC(F)(F)F)n2)n1. The van der Waals surface area contributed by atoms with Gasteiger partial charge in [-0.15, -0.1) is 0 Å². The van der Waals surface area contributed by atoms with Gasteiger partial charge in [0.05, 0.1) is 0 Å². The zero-order chi connectivity index (χ0) is 14.8. The molecular weight excluding hydrogens is 275 g/mol. The van der Waals surface area contributed by atoms with Crippen molar-refractivity contribution in [3.63, 3.8) is 0 Å². The fourth-order valence-electron chi connectivity index (χ4n) is 1.58. The van der Waals surface area contributed by atoms with Crippen molar-refractivity contribution in [1.82, 2.24) is 19.9 Å². The Kier molecular flexibility index (Phi) is 3.96. The van der Waals surface area contributed by atoms with Gasteiger partial charge in [-0.1, -0.05) is 12.1 Å². The molecule has 0 fully saturated rings. The lowest BCUT2D eigenvalue weighted by molar-refractivity contribution is -0.142. The maximum absolute atomic E-state index is 12.2. The van der Waals surface area contributed by atoms with Crippen LogP contribution in [-0.4, -0.2) is 26.1 Å². The minimum absolute atomic E-state index is 0.318. The fourth-order valence-corrected chi connectivity index (χ4v) is 1.58. The Morgan fingerprint density at radius 3 is 2.80 bits per heavy atom. The minimum Gasteiger partial charge on any atom is -0.357 e. The second-order valence-corrected chi connectivity index (χ2v) is 4.28. The van der Waals surface area contributed by atoms with E-state index in [1.165, 1.54) is 12.3 Å². The first-order valence-electron chi connectivity index (χ1n) is 6.06. The Morgan fingerprint density at radius 1 is 1.45 bits per heavy atom. The number of alkyl halides is 3. The first-order chi connectivity index (χ1) is 9.37. The van der Waals surface area contributed by atoms with Gasteiger partial charge in [0.1, 0.15) is 18.4 Å². The van der Waals surface area contributed by atoms with Crippen LogP contribution >= 0.6 is 0 Å². The minimum atomic E-state index is -4.29. The molecule has 0 aliphatic carbocycles. The average Bonchev–Trinajstić information content (AvgIpc) is 2.96. The summed E-state index contributed by atoms with van der Waals surface area (Å²) < 4.78 is 42.5. The van der Waals surface area contributed by atoms with Crippen LogP contribution in [0.25, 0.3) is 0 Å². The second-order valence-electron chi connectivity index (χ2n) is 4.28. The number of hydrogen-bond donors (Lipinski definition) is 1. The molecular formula is C11H14F3N5O. The van der Waals surface area contributed by atoms with Crippen molar-refractivity contribution in [2.75, 3.05) is 5.32 Å². The molecule has 2 aromatic heterocycles. The van der Waals surface area contributed by atoms with E-state index < -0.39 is 12.7 Å². The van der Waals surface area contributed by atoms with E-state index in [4.69, 9.17) is 4.52 Å². The van der Waals surface area contributed by atoms with Crippen molar-refractivity contribution in [3.05, 3.63) is 24.0 Å². The van der Waals surface area contributed by atoms with E-state index in [1.54, 1.807) is 6.92 Å². The highest BCUT2D eigenvalue weighted by Crippen LogP contribution is 2.19. The summed E-state index contributed by atoms with van der Waals surface area (Å²) in [7, 11) is 0. The fraction of sp³-hybridized carbons (Fsp3) is 0.545. The molecule has 0 aliphatic rings. The van der Waals surface area contributed by atoms with Crippen molar-refractivity contribution in [3.8, 4) is 0 Å². The molecule has 6 nitrogen and oxygen atoms in total. The van der Waals surface area contributed by atoms with Gasteiger partial charge >= 0.3 is 6.18 Å². The Morgan fingerprint density at radius 2 is 2.20 bits per heavy atom. The quantitative estimate of drug-likeness (QED) is 0.916. The van der Waals surface area contributed by atoms with Crippen LogP contribution in [0.15, 0.2) is 16.8 Å². The van der Waals surface area contributed by atoms with Gasteiger partial charge in [0.15, 0.2) is 5.82 Å². The zero-order valence-electron chi connectivity index (χ0n) is 11.0. The summed E-state index contributed by atoms with van der Waals surface area (Å²) in [6, 6.07) is 1.12. The van der Waals surface area contributed by atoms with Crippen LogP contribution in [-0.2, 0) is 13.0 Å². The predicted octanol–water partition coefficient (Wildman–Crippen LogP) is 2.56. The monoisotopic (exact) mass is 289 g/mol. The number of rotatable bonds is 5. The van der Waals surface area contributed by atoms with Crippen molar-refractivity contribution in [2.45, 2.75) is 39.0 Å². The van der Waals surface area contributed by atoms with Gasteiger partial charge in [-0.3, -0.25) is 4.68 Å². The molecule has 2 aromatic rings. The van der Waals surface area contributed by atoms with Gasteiger partial charge in [0.25, 0.3) is 0 Å². The average molecular weight is 289 g/mol. The van der Waals surface area contributed by atoms with Crippen molar-refractivity contribution in [1.29, 1.82) is 0 Å². The number of nitrogens with zero attached hydrogens (tertiary/aromatic N) is 4. The number of anilines is 1. The number of aromatic nitrogens is 4. The summed E-state index contributed by atoms with van der Waals surface area (Å²) in [5, 5.41) is 10.4. The number of halogens is 3. The highest BCUT2D eigenvalue weighted by atomic mass is 19.4. The third-order valence-corrected chi connectivity index (χ3v) is 2.52. The summed E-state index contributed by atoms with van der Waals surface area (Å²) in [6.07, 6.45) is -2.39. The van der Waals surface area contributed by atoms with Crippen molar-refractivity contribution in [2.24, 2.45) is 0 Å². The molecule has 0 radical (unpaired) electrons. The molecule has 0 aromatic carbocycles. The maximum Gasteiger partial charge on any atom is 0.408 e. The number of aryl methyl sites for hydroxylation is 1. The van der Waals surface area contributed by atoms with Gasteiger partial charge in [-0.05, 0) is 6.92 Å². The number of hydrogen-bond acceptors (Lipinski definition) is 5. The van der Waals surface area contributed by atoms with Crippen LogP contribution in [0, 0.1) is 0 Å². The lowest BCUT2D eigenvalue weighted by atomic mass is 10.3. The molecule has 1 atom stereocenters. The standard InChI is InChI=1S/C11H14F3N5O/c1-3-8-16-10(20-18-8)7(2)15-9-4-5-19(17-9)6-11(12,13)14/h4-5,7H,3,6H2,1-2H3,(H,15,17)/t7-/m0/s1. The predicted molar refractivity (Wildman–Crippen MR) is 64.0 cm³/mol. The summed E-state index contributed by atoms with van der Waals surface area (Å²) in [4.78, 5) is 4.14. The van der Waals surface area contributed by atoms with Crippen molar-refractivity contribution >= 4 is 5.82 Å². The lowest BCUT2D eigenvalue weighted by Crippen LogP contribution is -2.18. The summed E-state index contributed by atoms with van der Waals surface area (Å²) in [5.74, 6) is 1.27. The van der Waals surface area contributed by atoms with Crippen LogP contribution in [0.2, 0.25) is 0 Å². The van der Waals surface area contributed by atoms with Gasteiger partial charge in [0, 0.05) is 18.7 Å². The van der Waals surface area contributed by atoms with Crippen LogP contribution in [0.3, 0.4) is 0 Å². The Labute approximate surface area is 113 Å². The molecule has 2 heterocycles. The molecule has 0 saturated carbocycles. The highest BCUT2D eigenvalue weighted by Gasteiger charge is 2.28. The third kappa shape index (κ3) is 3.72. The van der Waals surface area contributed by atoms with Gasteiger partial charge in [-0.2, -0.15) is 23.3 Å². The topological polar surface area (TPSA) is 68.8 Å². The van der Waals surface area contributed by atoms with Gasteiger partial charge in [0.2, 0.25) is 5.89 Å². The molecule has 20 heavy (non-hydrogen) atoms. The normalized spacial score (nSPS) is 13.4. The Balaban J connectivity index is 1.99. The first-order valence-corrected chi connectivity index (χ1v) is 6.06. The van der Waals surface area contributed by atoms with E-state index in [0.29, 0.717) is 24.0 Å². The summed E-state index contributed by atoms with van der Waals surface area (Å²) in [5.41, 5.74) is 0. The van der Waals surface area contributed by atoms with E-state index in [1.807, 2.05) is 6.92 Å². The second kappa shape index (κ2) is 5.51. The first kappa shape index (κ1) is 14.4. The smallest absolute Gasteiger partial charge is 0.357 e. The maximum atomic E-state index is 12.2. The third-order valence-electron chi connectivity index (χ3n) is 2.52. The highest BCUT2D eigenvalue weighted by molar-refractivity contribution is 5.34. The lowest BCUT2D eigenvalue weighted by Gasteiger charge is -2.08. The molecule has 0 amide bonds. The van der Waals surface area contributed by atoms with E-state index >= 15 is 0 Å². The number of nitrogens with one attached hydrogen (secondary N) is 1. The van der Waals surface area contributed by atoms with Crippen LogP contribution in [0.1, 0.15) is 31.6 Å². The van der Waals surface area contributed by atoms with E-state index in [-0.39, 0.29) is 6.04 Å². The van der Waals surface area contributed by atoms with Crippen molar-refractivity contribution < 1.29 is 17.7 Å². The van der Waals surface area contributed by atoms with E-state index in [2.05, 4.69) is 20.6 Å². The molecule has 0 spiro atoms. The van der Waals surface area contributed by atoms with Crippen LogP contribution < -0.4 is 5.32 Å². The summed E-state index contributed by atoms with van der Waals surface area (Å²) in [6.45, 7) is 2.53. The largest absolute Gasteiger partial charge is 0.408 e. The summed E-state index contributed by atoms with van der Waals surface area (Å²) >= 11 is 0. The molecule has 1 N–H and O–H groups in total. The Bertz CT molecular complexity index is 562. The molecule has 9 heteroatoms.